The van der Waals surface area contributed by atoms with Crippen molar-refractivity contribution >= 4 is 53.0 Å². The predicted molar refractivity (Wildman–Crippen MR) is 181 cm³/mol. The second-order valence-electron chi connectivity index (χ2n) is 10.1. The summed E-state index contributed by atoms with van der Waals surface area (Å²) in [6.45, 7) is 5.78. The minimum absolute atomic E-state index is 0.0968. The third-order valence-corrected chi connectivity index (χ3v) is 9.14. The van der Waals surface area contributed by atoms with E-state index in [9.17, 15) is 14.4 Å². The zero-order chi connectivity index (χ0) is 32.0. The molecule has 0 radical (unpaired) electrons. The molecular weight excluding hydrogens is 625 g/mol. The first-order chi connectivity index (χ1) is 21.8. The fourth-order valence-corrected chi connectivity index (χ4v) is 6.34. The molecule has 0 bridgehead atoms. The van der Waals surface area contributed by atoms with E-state index in [-0.39, 0.29) is 53.1 Å². The number of hydrogen-bond donors (Lipinski definition) is 3. The number of aromatic nitrogens is 3. The third-order valence-electron chi connectivity index (χ3n) is 6.60. The van der Waals surface area contributed by atoms with Gasteiger partial charge in [0.25, 0.3) is 0 Å². The minimum atomic E-state index is -0.163. The number of carbonyl (C=O) groups excluding carboxylic acids is 3. The Bertz CT molecular complexity index is 1350. The molecule has 3 aromatic carbocycles. The standard InChI is InChI=1S/C33H36N6O3S3/c1-22(25-13-7-4-8-14-25)34-28(40)19-43-31-37-32(44-20-29(41)35-23(2)26-15-9-5-10-16-26)39-33(38-31)45-21-30(42)36-24(3)27-17-11-6-12-18-27/h4-18,22-24H,19-21H2,1-3H3,(H,34,40)(H,35,41)(H,36,42)/t22-,23-,24+/m1/s1. The Morgan fingerprint density at radius 1 is 0.489 bits per heavy atom. The number of benzene rings is 3. The summed E-state index contributed by atoms with van der Waals surface area (Å²) < 4.78 is 0. The van der Waals surface area contributed by atoms with Gasteiger partial charge in [0.1, 0.15) is 0 Å². The highest BCUT2D eigenvalue weighted by atomic mass is 32.2. The summed E-state index contributed by atoms with van der Waals surface area (Å²) >= 11 is 3.53. The Hall–Kier alpha value is -3.87. The van der Waals surface area contributed by atoms with Crippen LogP contribution in [-0.2, 0) is 14.4 Å². The molecule has 9 nitrogen and oxygen atoms in total. The maximum absolute atomic E-state index is 12.7. The molecule has 45 heavy (non-hydrogen) atoms. The normalized spacial score (nSPS) is 12.9. The smallest absolute Gasteiger partial charge is 0.230 e. The summed E-state index contributed by atoms with van der Waals surface area (Å²) in [5.41, 5.74) is 3.02. The molecule has 4 rings (SSSR count). The highest BCUT2D eigenvalue weighted by Crippen LogP contribution is 2.24. The number of amides is 3. The van der Waals surface area contributed by atoms with Gasteiger partial charge in [-0.1, -0.05) is 126 Å². The maximum atomic E-state index is 12.7. The summed E-state index contributed by atoms with van der Waals surface area (Å²) in [6, 6.07) is 28.7. The van der Waals surface area contributed by atoms with Crippen LogP contribution in [0.3, 0.4) is 0 Å². The predicted octanol–water partition coefficient (Wildman–Crippen LogP) is 5.78. The van der Waals surface area contributed by atoms with Crippen LogP contribution in [0.2, 0.25) is 0 Å². The summed E-state index contributed by atoms with van der Waals surface area (Å²) in [5, 5.41) is 10.00. The third kappa shape index (κ3) is 11.5. The Morgan fingerprint density at radius 2 is 0.733 bits per heavy atom. The van der Waals surface area contributed by atoms with Crippen LogP contribution in [0.25, 0.3) is 0 Å². The lowest BCUT2D eigenvalue weighted by atomic mass is 10.1. The van der Waals surface area contributed by atoms with Crippen molar-refractivity contribution in [1.29, 1.82) is 0 Å². The van der Waals surface area contributed by atoms with Gasteiger partial charge in [-0.05, 0) is 37.5 Å². The molecular formula is C33H36N6O3S3. The summed E-state index contributed by atoms with van der Waals surface area (Å²) in [7, 11) is 0. The van der Waals surface area contributed by atoms with E-state index in [0.29, 0.717) is 15.5 Å². The van der Waals surface area contributed by atoms with E-state index >= 15 is 0 Å². The van der Waals surface area contributed by atoms with Gasteiger partial charge in [-0.3, -0.25) is 14.4 Å². The second kappa shape index (κ2) is 17.6. The quantitative estimate of drug-likeness (QED) is 0.136. The zero-order valence-electron chi connectivity index (χ0n) is 25.3. The Morgan fingerprint density at radius 3 is 0.978 bits per heavy atom. The van der Waals surface area contributed by atoms with Crippen molar-refractivity contribution in [2.24, 2.45) is 0 Å². The van der Waals surface area contributed by atoms with Gasteiger partial charge >= 0.3 is 0 Å². The van der Waals surface area contributed by atoms with Gasteiger partial charge in [0, 0.05) is 0 Å². The molecule has 0 fully saturated rings. The van der Waals surface area contributed by atoms with Crippen LogP contribution in [0, 0.1) is 0 Å². The number of nitrogens with zero attached hydrogens (tertiary/aromatic N) is 3. The van der Waals surface area contributed by atoms with Crippen LogP contribution in [0.15, 0.2) is 106 Å². The van der Waals surface area contributed by atoms with Crippen LogP contribution in [0.1, 0.15) is 55.6 Å². The van der Waals surface area contributed by atoms with Crippen molar-refractivity contribution in [3.63, 3.8) is 0 Å². The van der Waals surface area contributed by atoms with E-state index in [0.717, 1.165) is 16.7 Å². The molecule has 4 aromatic rings. The molecule has 0 saturated carbocycles. The largest absolute Gasteiger partial charge is 0.349 e. The number of thioether (sulfide) groups is 3. The van der Waals surface area contributed by atoms with Gasteiger partial charge in [0.05, 0.1) is 35.4 Å². The van der Waals surface area contributed by atoms with Gasteiger partial charge in [0.2, 0.25) is 17.7 Å². The molecule has 1 heterocycles. The highest BCUT2D eigenvalue weighted by molar-refractivity contribution is 8.01. The molecule has 12 heteroatoms. The molecule has 0 aliphatic carbocycles. The van der Waals surface area contributed by atoms with Crippen molar-refractivity contribution in [3.8, 4) is 0 Å². The summed E-state index contributed by atoms with van der Waals surface area (Å²) in [4.78, 5) is 51.7. The lowest BCUT2D eigenvalue weighted by molar-refractivity contribution is -0.120. The molecule has 234 valence electrons. The average Bonchev–Trinajstić information content (AvgIpc) is 3.06. The SMILES string of the molecule is C[C@H](NC(=O)CSc1nc(SCC(=O)N[C@H](C)c2ccccc2)nc(SCC(=O)N[C@H](C)c2ccccc2)n1)c1ccccc1. The van der Waals surface area contributed by atoms with Gasteiger partial charge in [-0.15, -0.1) is 0 Å². The van der Waals surface area contributed by atoms with Crippen LogP contribution in [0.5, 0.6) is 0 Å². The fraction of sp³-hybridized carbons (Fsp3) is 0.273. The fourth-order valence-electron chi connectivity index (χ4n) is 4.23. The first kappa shape index (κ1) is 34.0. The van der Waals surface area contributed by atoms with Gasteiger partial charge in [0.15, 0.2) is 15.5 Å². The molecule has 0 spiro atoms. The Labute approximate surface area is 276 Å². The van der Waals surface area contributed by atoms with Crippen molar-refractivity contribution < 1.29 is 14.4 Å². The highest BCUT2D eigenvalue weighted by Gasteiger charge is 2.17. The lowest BCUT2D eigenvalue weighted by Crippen LogP contribution is -2.28. The molecule has 0 unspecified atom stereocenters. The van der Waals surface area contributed by atoms with Crippen LogP contribution < -0.4 is 16.0 Å². The van der Waals surface area contributed by atoms with Crippen LogP contribution in [0.4, 0.5) is 0 Å². The minimum Gasteiger partial charge on any atom is -0.349 e. The summed E-state index contributed by atoms with van der Waals surface area (Å²) in [6.07, 6.45) is 0. The number of nitrogens with one attached hydrogen (secondary N) is 3. The van der Waals surface area contributed by atoms with Crippen LogP contribution in [-0.4, -0.2) is 49.9 Å². The number of rotatable bonds is 15. The molecule has 3 atom stereocenters. The zero-order valence-corrected chi connectivity index (χ0v) is 27.8. The van der Waals surface area contributed by atoms with E-state index in [2.05, 4.69) is 30.9 Å². The van der Waals surface area contributed by atoms with Crippen molar-refractivity contribution in [2.45, 2.75) is 54.4 Å². The maximum Gasteiger partial charge on any atom is 0.230 e. The lowest BCUT2D eigenvalue weighted by Gasteiger charge is -2.15. The van der Waals surface area contributed by atoms with E-state index in [1.807, 2.05) is 112 Å². The van der Waals surface area contributed by atoms with E-state index < -0.39 is 0 Å². The molecule has 0 saturated heterocycles. The molecule has 1 aromatic heterocycles. The van der Waals surface area contributed by atoms with Gasteiger partial charge < -0.3 is 16.0 Å². The first-order valence-corrected chi connectivity index (χ1v) is 17.4. The summed E-state index contributed by atoms with van der Waals surface area (Å²) in [5.74, 6) is -0.199. The van der Waals surface area contributed by atoms with Crippen molar-refractivity contribution in [3.05, 3.63) is 108 Å². The van der Waals surface area contributed by atoms with Crippen molar-refractivity contribution in [1.82, 2.24) is 30.9 Å². The number of hydrogen-bond acceptors (Lipinski definition) is 9. The van der Waals surface area contributed by atoms with E-state index in [1.165, 1.54) is 35.3 Å². The van der Waals surface area contributed by atoms with Gasteiger partial charge in [-0.2, -0.15) is 15.0 Å². The Balaban J connectivity index is 1.38. The first-order valence-electron chi connectivity index (χ1n) is 14.4. The second-order valence-corrected chi connectivity index (χ2v) is 13.0. The monoisotopic (exact) mass is 660 g/mol. The van der Waals surface area contributed by atoms with Gasteiger partial charge in [-0.25, -0.2) is 0 Å². The number of carbonyl (C=O) groups is 3. The Kier molecular flexibility index (Phi) is 13.3. The molecule has 0 aliphatic rings. The van der Waals surface area contributed by atoms with E-state index in [4.69, 9.17) is 0 Å². The van der Waals surface area contributed by atoms with Crippen molar-refractivity contribution in [2.75, 3.05) is 17.3 Å². The van der Waals surface area contributed by atoms with Crippen LogP contribution >= 0.6 is 35.3 Å². The average molecular weight is 661 g/mol. The topological polar surface area (TPSA) is 126 Å². The van der Waals surface area contributed by atoms with E-state index in [1.54, 1.807) is 0 Å². The molecule has 3 N–H and O–H groups in total. The molecule has 3 amide bonds. The molecule has 0 aliphatic heterocycles.